The van der Waals surface area contributed by atoms with Gasteiger partial charge < -0.3 is 0 Å². The van der Waals surface area contributed by atoms with E-state index in [1.165, 1.54) is 0 Å². The van der Waals surface area contributed by atoms with Crippen LogP contribution < -0.4 is 0 Å². The van der Waals surface area contributed by atoms with Gasteiger partial charge in [0.2, 0.25) is 0 Å². The first-order valence-corrected chi connectivity index (χ1v) is 4.43. The Labute approximate surface area is 68.6 Å². The molecule has 1 aliphatic rings. The van der Waals surface area contributed by atoms with Crippen molar-refractivity contribution in [3.8, 4) is 0 Å². The number of hydrogen-bond acceptors (Lipinski definition) is 2. The minimum Gasteiger partial charge on any atom is -0.300 e. The summed E-state index contributed by atoms with van der Waals surface area (Å²) in [7, 11) is 0. The number of ketones is 1. The SMILES string of the molecule is CCN1CCC(=O)[C@@H](C)[C@H]1C. The van der Waals surface area contributed by atoms with Crippen molar-refractivity contribution in [3.63, 3.8) is 0 Å². The third-order valence-electron chi connectivity index (χ3n) is 2.86. The lowest BCUT2D eigenvalue weighted by Gasteiger charge is -2.35. The predicted octanol–water partition coefficient (Wildman–Crippen LogP) is 1.31. The van der Waals surface area contributed by atoms with Crippen molar-refractivity contribution >= 4 is 5.78 Å². The van der Waals surface area contributed by atoms with Crippen molar-refractivity contribution in [3.05, 3.63) is 0 Å². The fraction of sp³-hybridized carbons (Fsp3) is 0.889. The molecule has 0 bridgehead atoms. The number of rotatable bonds is 1. The summed E-state index contributed by atoms with van der Waals surface area (Å²) in [5.41, 5.74) is 0. The molecule has 0 N–H and O–H groups in total. The molecule has 0 saturated carbocycles. The molecule has 1 fully saturated rings. The smallest absolute Gasteiger partial charge is 0.138 e. The van der Waals surface area contributed by atoms with Crippen LogP contribution in [0.3, 0.4) is 0 Å². The number of carbonyl (C=O) groups excluding carboxylic acids is 1. The van der Waals surface area contributed by atoms with E-state index in [1.807, 2.05) is 6.92 Å². The molecule has 2 nitrogen and oxygen atoms in total. The standard InChI is InChI=1S/C9H17NO/c1-4-10-6-5-9(11)7(2)8(10)3/h7-8H,4-6H2,1-3H3/t7-,8+/m0/s1. The van der Waals surface area contributed by atoms with E-state index >= 15 is 0 Å². The fourth-order valence-corrected chi connectivity index (χ4v) is 1.72. The minimum absolute atomic E-state index is 0.240. The van der Waals surface area contributed by atoms with Gasteiger partial charge in [-0.05, 0) is 13.5 Å². The van der Waals surface area contributed by atoms with E-state index in [9.17, 15) is 4.79 Å². The number of likely N-dealkylation sites (tertiary alicyclic amines) is 1. The van der Waals surface area contributed by atoms with Crippen LogP contribution in [-0.2, 0) is 4.79 Å². The lowest BCUT2D eigenvalue weighted by Crippen LogP contribution is -2.46. The third kappa shape index (κ3) is 1.62. The van der Waals surface area contributed by atoms with E-state index in [4.69, 9.17) is 0 Å². The van der Waals surface area contributed by atoms with Gasteiger partial charge in [-0.3, -0.25) is 9.69 Å². The molecule has 0 aromatic rings. The number of piperidine rings is 1. The Hall–Kier alpha value is -0.370. The first-order valence-electron chi connectivity index (χ1n) is 4.43. The third-order valence-corrected chi connectivity index (χ3v) is 2.86. The van der Waals surface area contributed by atoms with Crippen LogP contribution in [0.4, 0.5) is 0 Å². The monoisotopic (exact) mass is 155 g/mol. The lowest BCUT2D eigenvalue weighted by molar-refractivity contribution is -0.127. The Kier molecular flexibility index (Phi) is 2.66. The van der Waals surface area contributed by atoms with E-state index < -0.39 is 0 Å². The van der Waals surface area contributed by atoms with E-state index in [0.29, 0.717) is 11.8 Å². The molecule has 1 aliphatic heterocycles. The van der Waals surface area contributed by atoms with Gasteiger partial charge in [0.25, 0.3) is 0 Å². The molecule has 0 radical (unpaired) electrons. The first kappa shape index (κ1) is 8.72. The summed E-state index contributed by atoms with van der Waals surface area (Å²) in [4.78, 5) is 13.6. The maximum atomic E-state index is 11.2. The molecule has 2 heteroatoms. The number of hydrogen-bond donors (Lipinski definition) is 0. The molecule has 0 unspecified atom stereocenters. The second-order valence-corrected chi connectivity index (χ2v) is 3.37. The second kappa shape index (κ2) is 3.35. The van der Waals surface area contributed by atoms with Crippen molar-refractivity contribution < 1.29 is 4.79 Å². The van der Waals surface area contributed by atoms with Crippen LogP contribution in [-0.4, -0.2) is 29.8 Å². The lowest BCUT2D eigenvalue weighted by atomic mass is 9.91. The Bertz CT molecular complexity index is 156. The van der Waals surface area contributed by atoms with Crippen LogP contribution in [0.25, 0.3) is 0 Å². The molecule has 64 valence electrons. The normalized spacial score (nSPS) is 34.3. The van der Waals surface area contributed by atoms with Crippen molar-refractivity contribution in [2.45, 2.75) is 33.2 Å². The van der Waals surface area contributed by atoms with Gasteiger partial charge in [-0.2, -0.15) is 0 Å². The molecule has 0 aromatic heterocycles. The van der Waals surface area contributed by atoms with Gasteiger partial charge in [0.15, 0.2) is 0 Å². The van der Waals surface area contributed by atoms with Gasteiger partial charge in [-0.15, -0.1) is 0 Å². The molecule has 2 atom stereocenters. The Balaban J connectivity index is 2.59. The summed E-state index contributed by atoms with van der Waals surface area (Å²) in [5.74, 6) is 0.672. The number of nitrogens with zero attached hydrogens (tertiary/aromatic N) is 1. The van der Waals surface area contributed by atoms with Crippen LogP contribution in [0.15, 0.2) is 0 Å². The van der Waals surface area contributed by atoms with Gasteiger partial charge in [-0.25, -0.2) is 0 Å². The van der Waals surface area contributed by atoms with Crippen LogP contribution in [0.5, 0.6) is 0 Å². The summed E-state index contributed by atoms with van der Waals surface area (Å²) >= 11 is 0. The van der Waals surface area contributed by atoms with Gasteiger partial charge in [0.05, 0.1) is 0 Å². The first-order chi connectivity index (χ1) is 5.16. The highest BCUT2D eigenvalue weighted by molar-refractivity contribution is 5.82. The molecule has 0 aromatic carbocycles. The van der Waals surface area contributed by atoms with Crippen LogP contribution >= 0.6 is 0 Å². The van der Waals surface area contributed by atoms with E-state index in [2.05, 4.69) is 18.7 Å². The van der Waals surface area contributed by atoms with Gasteiger partial charge in [0, 0.05) is 24.9 Å². The number of carbonyl (C=O) groups is 1. The maximum absolute atomic E-state index is 11.2. The Morgan fingerprint density at radius 3 is 2.73 bits per heavy atom. The van der Waals surface area contributed by atoms with Gasteiger partial charge >= 0.3 is 0 Å². The zero-order valence-electron chi connectivity index (χ0n) is 7.63. The Morgan fingerprint density at radius 1 is 1.55 bits per heavy atom. The number of Topliss-reactive ketones (excluding diaryl/α,β-unsaturated/α-hetero) is 1. The van der Waals surface area contributed by atoms with Crippen LogP contribution in [0.2, 0.25) is 0 Å². The molecule has 0 spiro atoms. The predicted molar refractivity (Wildman–Crippen MR) is 45.5 cm³/mol. The van der Waals surface area contributed by atoms with E-state index in [0.717, 1.165) is 19.5 Å². The minimum atomic E-state index is 0.240. The zero-order chi connectivity index (χ0) is 8.43. The average molecular weight is 155 g/mol. The summed E-state index contributed by atoms with van der Waals surface area (Å²) in [6.45, 7) is 8.36. The molecule has 1 heterocycles. The second-order valence-electron chi connectivity index (χ2n) is 3.37. The molecule has 0 aliphatic carbocycles. The summed E-state index contributed by atoms with van der Waals surface area (Å²) in [5, 5.41) is 0. The summed E-state index contributed by atoms with van der Waals surface area (Å²) in [6, 6.07) is 0.446. The Morgan fingerprint density at radius 2 is 2.18 bits per heavy atom. The van der Waals surface area contributed by atoms with Gasteiger partial charge in [0.1, 0.15) is 5.78 Å². The van der Waals surface area contributed by atoms with E-state index in [1.54, 1.807) is 0 Å². The van der Waals surface area contributed by atoms with Crippen molar-refractivity contribution in [1.29, 1.82) is 0 Å². The highest BCUT2D eigenvalue weighted by atomic mass is 16.1. The summed E-state index contributed by atoms with van der Waals surface area (Å²) < 4.78 is 0. The highest BCUT2D eigenvalue weighted by Crippen LogP contribution is 2.19. The molecule has 0 amide bonds. The average Bonchev–Trinajstić information content (AvgIpc) is 2.01. The van der Waals surface area contributed by atoms with Crippen molar-refractivity contribution in [2.24, 2.45) is 5.92 Å². The van der Waals surface area contributed by atoms with Gasteiger partial charge in [-0.1, -0.05) is 13.8 Å². The molecule has 1 rings (SSSR count). The fourth-order valence-electron chi connectivity index (χ4n) is 1.72. The molecular formula is C9H17NO. The highest BCUT2D eigenvalue weighted by Gasteiger charge is 2.29. The van der Waals surface area contributed by atoms with E-state index in [-0.39, 0.29) is 5.92 Å². The van der Waals surface area contributed by atoms with Crippen molar-refractivity contribution in [1.82, 2.24) is 4.90 Å². The zero-order valence-corrected chi connectivity index (χ0v) is 7.63. The molecule has 1 saturated heterocycles. The van der Waals surface area contributed by atoms with Crippen LogP contribution in [0, 0.1) is 5.92 Å². The molecule has 11 heavy (non-hydrogen) atoms. The maximum Gasteiger partial charge on any atom is 0.138 e. The quantitative estimate of drug-likeness (QED) is 0.569. The topological polar surface area (TPSA) is 20.3 Å². The molecular weight excluding hydrogens is 138 g/mol. The summed E-state index contributed by atoms with van der Waals surface area (Å²) in [6.07, 6.45) is 0.749. The van der Waals surface area contributed by atoms with Crippen LogP contribution in [0.1, 0.15) is 27.2 Å². The van der Waals surface area contributed by atoms with Crippen molar-refractivity contribution in [2.75, 3.05) is 13.1 Å². The largest absolute Gasteiger partial charge is 0.300 e.